The molecule has 25 heavy (non-hydrogen) atoms. The van der Waals surface area contributed by atoms with E-state index in [1.54, 1.807) is 6.92 Å². The van der Waals surface area contributed by atoms with Crippen LogP contribution >= 0.6 is 0 Å². The number of benzene rings is 1. The molecule has 0 unspecified atom stereocenters. The van der Waals surface area contributed by atoms with Crippen LogP contribution in [0, 0.1) is 13.8 Å². The van der Waals surface area contributed by atoms with Crippen LogP contribution in [0.1, 0.15) is 35.5 Å². The average Bonchev–Trinajstić information content (AvgIpc) is 2.79. The highest BCUT2D eigenvalue weighted by molar-refractivity contribution is 7.92. The highest BCUT2D eigenvalue weighted by atomic mass is 32.2. The number of sulfonamides is 1. The first-order valence-corrected chi connectivity index (χ1v) is 10.8. The number of nitrogens with zero attached hydrogens (tertiary/aromatic N) is 1. The summed E-state index contributed by atoms with van der Waals surface area (Å²) in [7, 11) is -7.32. The molecule has 1 aromatic carbocycles. The van der Waals surface area contributed by atoms with E-state index in [0.29, 0.717) is 5.56 Å². The van der Waals surface area contributed by atoms with Gasteiger partial charge in [-0.1, -0.05) is 0 Å². The molecule has 1 heterocycles. The van der Waals surface area contributed by atoms with Crippen molar-refractivity contribution in [2.24, 2.45) is 0 Å². The maximum atomic E-state index is 12.4. The van der Waals surface area contributed by atoms with Crippen molar-refractivity contribution in [2.75, 3.05) is 16.2 Å². The number of carboxylic acid groups (broad SMARTS) is 1. The van der Waals surface area contributed by atoms with Crippen molar-refractivity contribution < 1.29 is 26.7 Å². The van der Waals surface area contributed by atoms with Gasteiger partial charge in [-0.25, -0.2) is 20.8 Å². The number of rotatable bonds is 6. The summed E-state index contributed by atoms with van der Waals surface area (Å²) in [5.41, 5.74) is 0.591. The van der Waals surface area contributed by atoms with Crippen LogP contribution in [0.15, 0.2) is 12.1 Å². The van der Waals surface area contributed by atoms with E-state index >= 15 is 0 Å². The van der Waals surface area contributed by atoms with Gasteiger partial charge in [-0.15, -0.1) is 0 Å². The smallest absolute Gasteiger partial charge is 0.238 e. The van der Waals surface area contributed by atoms with Crippen molar-refractivity contribution in [2.45, 2.75) is 27.7 Å². The van der Waals surface area contributed by atoms with Crippen molar-refractivity contribution in [3.8, 4) is 0 Å². The van der Waals surface area contributed by atoms with E-state index in [2.05, 4.69) is 4.72 Å². The molecule has 0 fully saturated rings. The number of carbonyl (C=O) groups excluding carboxylic acids is 1. The zero-order valence-electron chi connectivity index (χ0n) is 14.3. The molecular formula is C15H19N2O6S2-. The number of carboxylic acids is 1. The Hall–Kier alpha value is -2.07. The summed E-state index contributed by atoms with van der Waals surface area (Å²) >= 11 is 0. The molecular weight excluding hydrogens is 368 g/mol. The van der Waals surface area contributed by atoms with Gasteiger partial charge in [-0.3, -0.25) is 4.72 Å². The third-order valence-corrected chi connectivity index (χ3v) is 7.04. The lowest BCUT2D eigenvalue weighted by Gasteiger charge is -2.11. The predicted octanol–water partition coefficient (Wildman–Crippen LogP) is 0.581. The van der Waals surface area contributed by atoms with Crippen molar-refractivity contribution in [1.82, 2.24) is 3.97 Å². The lowest BCUT2D eigenvalue weighted by atomic mass is 10.1. The van der Waals surface area contributed by atoms with Gasteiger partial charge in [0.2, 0.25) is 20.0 Å². The summed E-state index contributed by atoms with van der Waals surface area (Å²) in [5, 5.41) is 11.6. The first-order chi connectivity index (χ1) is 11.4. The quantitative estimate of drug-likeness (QED) is 0.773. The standard InChI is InChI=1S/C15H20N2O6S2/c1-5-24(20,21)16-12-8-11-13(7-9(12)3)17(25(22,23)6-2)10(4)14(11)15(18)19/h7-8,16H,5-6H2,1-4H3,(H,18,19)/p-1. The number of hydrogen-bond donors (Lipinski definition) is 1. The molecule has 0 atom stereocenters. The van der Waals surface area contributed by atoms with Gasteiger partial charge in [0, 0.05) is 16.6 Å². The molecule has 138 valence electrons. The maximum absolute atomic E-state index is 12.4. The van der Waals surface area contributed by atoms with Crippen LogP contribution < -0.4 is 9.83 Å². The maximum Gasteiger partial charge on any atom is 0.238 e. The van der Waals surface area contributed by atoms with Gasteiger partial charge in [-0.2, -0.15) is 0 Å². The molecule has 0 aliphatic heterocycles. The fourth-order valence-corrected chi connectivity index (χ4v) is 4.55. The third-order valence-electron chi connectivity index (χ3n) is 3.99. The van der Waals surface area contributed by atoms with Gasteiger partial charge in [0.15, 0.2) is 0 Å². The van der Waals surface area contributed by atoms with Gasteiger partial charge in [0.25, 0.3) is 0 Å². The Balaban J connectivity index is 2.92. The van der Waals surface area contributed by atoms with Gasteiger partial charge in [0.1, 0.15) is 0 Å². The number of anilines is 1. The number of fused-ring (bicyclic) bond motifs is 1. The van der Waals surface area contributed by atoms with Crippen molar-refractivity contribution in [3.63, 3.8) is 0 Å². The fraction of sp³-hybridized carbons (Fsp3) is 0.400. The molecule has 0 aliphatic rings. The molecule has 0 saturated heterocycles. The van der Waals surface area contributed by atoms with Crippen LogP contribution in [0.25, 0.3) is 10.9 Å². The van der Waals surface area contributed by atoms with E-state index in [0.717, 1.165) is 3.97 Å². The van der Waals surface area contributed by atoms with Crippen molar-refractivity contribution >= 4 is 42.6 Å². The third kappa shape index (κ3) is 3.36. The van der Waals surface area contributed by atoms with Crippen LogP contribution in [0.5, 0.6) is 0 Å². The molecule has 2 aromatic rings. The zero-order chi connectivity index (χ0) is 19.2. The summed E-state index contributed by atoms with van der Waals surface area (Å²) in [6, 6.07) is 2.78. The molecule has 0 aliphatic carbocycles. The van der Waals surface area contributed by atoms with Crippen LogP contribution in [-0.2, 0) is 20.0 Å². The topological polar surface area (TPSA) is 125 Å². The number of aryl methyl sites for hydroxylation is 1. The Morgan fingerprint density at radius 1 is 1.12 bits per heavy atom. The lowest BCUT2D eigenvalue weighted by Crippen LogP contribution is -2.24. The summed E-state index contributed by atoms with van der Waals surface area (Å²) in [6.45, 7) is 5.91. The molecule has 8 nitrogen and oxygen atoms in total. The van der Waals surface area contributed by atoms with Crippen LogP contribution in [0.3, 0.4) is 0 Å². The molecule has 0 amide bonds. The van der Waals surface area contributed by atoms with E-state index < -0.39 is 26.0 Å². The molecule has 0 spiro atoms. The average molecular weight is 387 g/mol. The fourth-order valence-electron chi connectivity index (χ4n) is 2.63. The number of aromatic nitrogens is 1. The van der Waals surface area contributed by atoms with Gasteiger partial charge in [0.05, 0.1) is 28.7 Å². The Bertz CT molecular complexity index is 1070. The summed E-state index contributed by atoms with van der Waals surface area (Å²) in [5.74, 6) is -1.89. The molecule has 0 radical (unpaired) electrons. The van der Waals surface area contributed by atoms with E-state index in [4.69, 9.17) is 0 Å². The van der Waals surface area contributed by atoms with Crippen molar-refractivity contribution in [3.05, 3.63) is 29.0 Å². The summed E-state index contributed by atoms with van der Waals surface area (Å²) in [4.78, 5) is 11.5. The number of nitrogens with one attached hydrogen (secondary N) is 1. The second-order valence-electron chi connectivity index (χ2n) is 5.60. The first-order valence-electron chi connectivity index (χ1n) is 7.56. The molecule has 0 saturated carbocycles. The Kier molecular flexibility index (Phi) is 4.88. The van der Waals surface area contributed by atoms with E-state index in [9.17, 15) is 26.7 Å². The lowest BCUT2D eigenvalue weighted by molar-refractivity contribution is -0.254. The Morgan fingerprint density at radius 3 is 2.20 bits per heavy atom. The van der Waals surface area contributed by atoms with Gasteiger partial charge < -0.3 is 9.90 Å². The molecule has 1 aromatic heterocycles. The molecule has 2 rings (SSSR count). The van der Waals surface area contributed by atoms with Crippen LogP contribution in [0.4, 0.5) is 5.69 Å². The number of aromatic carboxylic acids is 1. The minimum Gasteiger partial charge on any atom is -0.545 e. The molecule has 1 N–H and O–H groups in total. The second kappa shape index (κ2) is 6.34. The van der Waals surface area contributed by atoms with E-state index in [1.165, 1.54) is 32.9 Å². The van der Waals surface area contributed by atoms with E-state index in [1.807, 2.05) is 0 Å². The number of hydrogen-bond acceptors (Lipinski definition) is 6. The van der Waals surface area contributed by atoms with Gasteiger partial charge >= 0.3 is 0 Å². The summed E-state index contributed by atoms with van der Waals surface area (Å²) in [6.07, 6.45) is 0. The van der Waals surface area contributed by atoms with E-state index in [-0.39, 0.29) is 39.4 Å². The number of carbonyl (C=O) groups is 1. The van der Waals surface area contributed by atoms with Crippen molar-refractivity contribution in [1.29, 1.82) is 0 Å². The second-order valence-corrected chi connectivity index (χ2v) is 9.72. The first kappa shape index (κ1) is 19.3. The SMILES string of the molecule is CCS(=O)(=O)Nc1cc2c(C(=O)[O-])c(C)n(S(=O)(=O)CC)c2cc1C. The van der Waals surface area contributed by atoms with Gasteiger partial charge in [-0.05, 0) is 45.4 Å². The minimum atomic E-state index is -3.75. The highest BCUT2D eigenvalue weighted by Crippen LogP contribution is 2.32. The predicted molar refractivity (Wildman–Crippen MR) is 93.7 cm³/mol. The monoisotopic (exact) mass is 387 g/mol. The Labute approximate surface area is 146 Å². The van der Waals surface area contributed by atoms with Crippen LogP contribution in [0.2, 0.25) is 0 Å². The Morgan fingerprint density at radius 2 is 1.72 bits per heavy atom. The summed E-state index contributed by atoms with van der Waals surface area (Å²) < 4.78 is 51.7. The van der Waals surface area contributed by atoms with Crippen LogP contribution in [-0.4, -0.2) is 38.3 Å². The molecule has 0 bridgehead atoms. The molecule has 10 heteroatoms. The normalized spacial score (nSPS) is 12.5. The zero-order valence-corrected chi connectivity index (χ0v) is 15.9. The highest BCUT2D eigenvalue weighted by Gasteiger charge is 2.24. The minimum absolute atomic E-state index is 0.0201. The largest absolute Gasteiger partial charge is 0.545 e.